The Hall–Kier alpha value is -1.35. The Labute approximate surface area is 108 Å². The number of hydrogen-bond acceptors (Lipinski definition) is 2. The van der Waals surface area contributed by atoms with Gasteiger partial charge >= 0.3 is 0 Å². The van der Waals surface area contributed by atoms with Crippen LogP contribution in [0.25, 0.3) is 0 Å². The maximum absolute atomic E-state index is 12.2. The molecule has 1 amide bonds. The molecule has 2 fully saturated rings. The van der Waals surface area contributed by atoms with E-state index >= 15 is 0 Å². The molecule has 2 heterocycles. The van der Waals surface area contributed by atoms with E-state index in [2.05, 4.69) is 0 Å². The Morgan fingerprint density at radius 3 is 2.39 bits per heavy atom. The topological polar surface area (TPSA) is 29.5 Å². The number of carbonyl (C=O) groups is 1. The molecular formula is C15H19NO2. The molecule has 0 unspecified atom stereocenters. The lowest BCUT2D eigenvalue weighted by Crippen LogP contribution is -2.52. The first-order valence-corrected chi connectivity index (χ1v) is 6.67. The molecule has 0 aliphatic carbocycles. The number of rotatable bonds is 2. The number of carbonyl (C=O) groups excluding carboxylic acids is 1. The number of nitrogens with zero attached hydrogens (tertiary/aromatic N) is 1. The van der Waals surface area contributed by atoms with Gasteiger partial charge in [0.15, 0.2) is 0 Å². The lowest BCUT2D eigenvalue weighted by molar-refractivity contribution is -0.152. The third-order valence-electron chi connectivity index (χ3n) is 4.19. The molecule has 0 N–H and O–H groups in total. The van der Waals surface area contributed by atoms with Crippen LogP contribution in [0.1, 0.15) is 18.4 Å². The van der Waals surface area contributed by atoms with E-state index in [1.807, 2.05) is 35.2 Å². The van der Waals surface area contributed by atoms with Gasteiger partial charge in [-0.2, -0.15) is 0 Å². The predicted octanol–water partition coefficient (Wildman–Crippen LogP) is 1.87. The van der Waals surface area contributed by atoms with Crippen molar-refractivity contribution in [2.24, 2.45) is 5.41 Å². The maximum Gasteiger partial charge on any atom is 0.226 e. The first kappa shape index (κ1) is 11.7. The van der Waals surface area contributed by atoms with Gasteiger partial charge in [-0.1, -0.05) is 30.3 Å². The van der Waals surface area contributed by atoms with Crippen molar-refractivity contribution < 1.29 is 9.53 Å². The third kappa shape index (κ3) is 2.27. The van der Waals surface area contributed by atoms with Crippen molar-refractivity contribution in [2.75, 3.05) is 26.3 Å². The van der Waals surface area contributed by atoms with Gasteiger partial charge in [-0.25, -0.2) is 0 Å². The maximum atomic E-state index is 12.2. The highest BCUT2D eigenvalue weighted by Gasteiger charge is 2.41. The zero-order valence-corrected chi connectivity index (χ0v) is 10.6. The second-order valence-electron chi connectivity index (χ2n) is 5.54. The van der Waals surface area contributed by atoms with Gasteiger partial charge in [0, 0.05) is 18.5 Å². The van der Waals surface area contributed by atoms with Crippen LogP contribution in [0.5, 0.6) is 0 Å². The minimum atomic E-state index is 0.260. The summed E-state index contributed by atoms with van der Waals surface area (Å²) in [7, 11) is 0. The summed E-state index contributed by atoms with van der Waals surface area (Å²) in [5.74, 6) is 0.260. The second kappa shape index (κ2) is 4.73. The van der Waals surface area contributed by atoms with Crippen LogP contribution >= 0.6 is 0 Å². The van der Waals surface area contributed by atoms with E-state index in [1.54, 1.807) is 0 Å². The van der Waals surface area contributed by atoms with E-state index in [0.717, 1.165) is 44.7 Å². The van der Waals surface area contributed by atoms with Crippen molar-refractivity contribution in [2.45, 2.75) is 19.3 Å². The molecule has 3 heteroatoms. The molecule has 0 bridgehead atoms. The molecule has 1 spiro atoms. The fraction of sp³-hybridized carbons (Fsp3) is 0.533. The Morgan fingerprint density at radius 1 is 1.17 bits per heavy atom. The van der Waals surface area contributed by atoms with Gasteiger partial charge in [0.25, 0.3) is 0 Å². The van der Waals surface area contributed by atoms with Gasteiger partial charge in [-0.15, -0.1) is 0 Å². The molecule has 0 atom stereocenters. The zero-order valence-electron chi connectivity index (χ0n) is 10.6. The first-order chi connectivity index (χ1) is 8.77. The van der Waals surface area contributed by atoms with Crippen LogP contribution in [-0.4, -0.2) is 37.1 Å². The number of likely N-dealkylation sites (tertiary alicyclic amines) is 1. The van der Waals surface area contributed by atoms with E-state index in [9.17, 15) is 4.79 Å². The van der Waals surface area contributed by atoms with Crippen LogP contribution in [0.15, 0.2) is 30.3 Å². The molecule has 3 nitrogen and oxygen atoms in total. The summed E-state index contributed by atoms with van der Waals surface area (Å²) in [6.07, 6.45) is 2.74. The summed E-state index contributed by atoms with van der Waals surface area (Å²) in [4.78, 5) is 14.2. The van der Waals surface area contributed by atoms with Crippen LogP contribution in [-0.2, 0) is 16.0 Å². The molecule has 0 radical (unpaired) electrons. The number of ether oxygens (including phenoxy) is 1. The van der Waals surface area contributed by atoms with Crippen LogP contribution in [0, 0.1) is 5.41 Å². The van der Waals surface area contributed by atoms with Gasteiger partial charge in [-0.05, 0) is 18.4 Å². The molecule has 18 heavy (non-hydrogen) atoms. The fourth-order valence-electron chi connectivity index (χ4n) is 2.79. The quantitative estimate of drug-likeness (QED) is 0.796. The zero-order chi connectivity index (χ0) is 12.4. The summed E-state index contributed by atoms with van der Waals surface area (Å²) in [6, 6.07) is 9.99. The SMILES string of the molecule is O=C(Cc1ccccc1)N1CCC2(CC1)COC2. The van der Waals surface area contributed by atoms with Crippen molar-refractivity contribution in [1.29, 1.82) is 0 Å². The van der Waals surface area contributed by atoms with Crippen LogP contribution in [0.2, 0.25) is 0 Å². The minimum Gasteiger partial charge on any atom is -0.380 e. The summed E-state index contributed by atoms with van der Waals surface area (Å²) in [5, 5.41) is 0. The molecule has 0 saturated carbocycles. The summed E-state index contributed by atoms with van der Waals surface area (Å²) in [5.41, 5.74) is 1.51. The van der Waals surface area contributed by atoms with E-state index in [4.69, 9.17) is 4.74 Å². The Morgan fingerprint density at radius 2 is 1.83 bits per heavy atom. The molecule has 2 saturated heterocycles. The van der Waals surface area contributed by atoms with Crippen molar-refractivity contribution in [3.05, 3.63) is 35.9 Å². The molecule has 2 aliphatic heterocycles. The van der Waals surface area contributed by atoms with E-state index in [1.165, 1.54) is 0 Å². The number of benzene rings is 1. The fourth-order valence-corrected chi connectivity index (χ4v) is 2.79. The highest BCUT2D eigenvalue weighted by molar-refractivity contribution is 5.78. The van der Waals surface area contributed by atoms with Crippen LogP contribution in [0.3, 0.4) is 0 Å². The summed E-state index contributed by atoms with van der Waals surface area (Å²) >= 11 is 0. The van der Waals surface area contributed by atoms with Gasteiger partial charge in [0.1, 0.15) is 0 Å². The van der Waals surface area contributed by atoms with Gasteiger partial charge in [0.05, 0.1) is 19.6 Å². The van der Waals surface area contributed by atoms with Crippen molar-refractivity contribution in [3.8, 4) is 0 Å². The first-order valence-electron chi connectivity index (χ1n) is 6.67. The van der Waals surface area contributed by atoms with E-state index < -0.39 is 0 Å². The number of piperidine rings is 1. The second-order valence-corrected chi connectivity index (χ2v) is 5.54. The molecule has 1 aromatic rings. The van der Waals surface area contributed by atoms with E-state index in [0.29, 0.717) is 11.8 Å². The van der Waals surface area contributed by atoms with Gasteiger partial charge in [-0.3, -0.25) is 4.79 Å². The molecule has 3 rings (SSSR count). The van der Waals surface area contributed by atoms with Crippen molar-refractivity contribution in [3.63, 3.8) is 0 Å². The van der Waals surface area contributed by atoms with E-state index in [-0.39, 0.29) is 5.91 Å². The number of amides is 1. The lowest BCUT2D eigenvalue weighted by atomic mass is 9.77. The van der Waals surface area contributed by atoms with Crippen molar-refractivity contribution >= 4 is 5.91 Å². The van der Waals surface area contributed by atoms with Gasteiger partial charge < -0.3 is 9.64 Å². The predicted molar refractivity (Wildman–Crippen MR) is 69.2 cm³/mol. The molecule has 0 aromatic heterocycles. The van der Waals surface area contributed by atoms with Crippen LogP contribution < -0.4 is 0 Å². The summed E-state index contributed by atoms with van der Waals surface area (Å²) < 4.78 is 5.30. The average molecular weight is 245 g/mol. The standard InChI is InChI=1S/C15H19NO2/c17-14(10-13-4-2-1-3-5-13)16-8-6-15(7-9-16)11-18-12-15/h1-5H,6-12H2. The normalized spacial score (nSPS) is 21.7. The lowest BCUT2D eigenvalue weighted by Gasteiger charge is -2.47. The van der Waals surface area contributed by atoms with Gasteiger partial charge in [0.2, 0.25) is 5.91 Å². The van der Waals surface area contributed by atoms with Crippen LogP contribution in [0.4, 0.5) is 0 Å². The molecular weight excluding hydrogens is 226 g/mol. The highest BCUT2D eigenvalue weighted by Crippen LogP contribution is 2.38. The monoisotopic (exact) mass is 245 g/mol. The Kier molecular flexibility index (Phi) is 3.08. The number of hydrogen-bond donors (Lipinski definition) is 0. The highest BCUT2D eigenvalue weighted by atomic mass is 16.5. The molecule has 1 aromatic carbocycles. The van der Waals surface area contributed by atoms with Crippen molar-refractivity contribution in [1.82, 2.24) is 4.90 Å². The minimum absolute atomic E-state index is 0.260. The molecule has 96 valence electrons. The third-order valence-corrected chi connectivity index (χ3v) is 4.19. The largest absolute Gasteiger partial charge is 0.380 e. The molecule has 2 aliphatic rings. The average Bonchev–Trinajstić information content (AvgIpc) is 2.38. The Balaban J connectivity index is 1.54. The summed E-state index contributed by atoms with van der Waals surface area (Å²) in [6.45, 7) is 3.59. The smallest absolute Gasteiger partial charge is 0.226 e. The Bertz CT molecular complexity index is 415.